The highest BCUT2D eigenvalue weighted by molar-refractivity contribution is 5.73. The minimum Gasteiger partial charge on any atom is -0.400 e. The molecular formula is C20H38O. The molecule has 0 spiro atoms. The number of hydrogen-bond acceptors (Lipinski definition) is 1. The summed E-state index contributed by atoms with van der Waals surface area (Å²) in [6.45, 7) is 18.2. The van der Waals surface area contributed by atoms with Gasteiger partial charge in [-0.3, -0.25) is 0 Å². The van der Waals surface area contributed by atoms with Gasteiger partial charge in [0.05, 0.1) is 0 Å². The quantitative estimate of drug-likeness (QED) is 0.604. The number of aryl methyl sites for hydroxylation is 1. The van der Waals surface area contributed by atoms with Gasteiger partial charge in [-0.05, 0) is 31.9 Å². The van der Waals surface area contributed by atoms with Crippen molar-refractivity contribution < 1.29 is 5.11 Å². The van der Waals surface area contributed by atoms with E-state index >= 15 is 0 Å². The summed E-state index contributed by atoms with van der Waals surface area (Å²) in [6, 6.07) is 8.60. The van der Waals surface area contributed by atoms with Crippen molar-refractivity contribution in [3.8, 4) is 0 Å². The Labute approximate surface area is 134 Å². The van der Waals surface area contributed by atoms with Gasteiger partial charge in [-0.25, -0.2) is 0 Å². The molecule has 0 aliphatic carbocycles. The van der Waals surface area contributed by atoms with Gasteiger partial charge in [0.2, 0.25) is 0 Å². The van der Waals surface area contributed by atoms with Crippen LogP contribution in [-0.4, -0.2) is 12.2 Å². The SMILES string of the molecule is C/C=C\C(=C/C)c1ccc(C)cc1.CC.CC.CC.CO. The van der Waals surface area contributed by atoms with Crippen LogP contribution >= 0.6 is 0 Å². The van der Waals surface area contributed by atoms with Crippen LogP contribution in [0.3, 0.4) is 0 Å². The first-order valence-corrected chi connectivity index (χ1v) is 8.08. The van der Waals surface area contributed by atoms with Crippen molar-refractivity contribution in [1.29, 1.82) is 0 Å². The van der Waals surface area contributed by atoms with Crippen LogP contribution in [0.1, 0.15) is 66.5 Å². The van der Waals surface area contributed by atoms with E-state index in [1.54, 1.807) is 0 Å². The van der Waals surface area contributed by atoms with Crippen molar-refractivity contribution in [2.45, 2.75) is 62.3 Å². The van der Waals surface area contributed by atoms with Crippen LogP contribution in [0.4, 0.5) is 0 Å². The van der Waals surface area contributed by atoms with E-state index in [4.69, 9.17) is 5.11 Å². The lowest BCUT2D eigenvalue weighted by Gasteiger charge is -2.01. The van der Waals surface area contributed by atoms with Crippen LogP contribution < -0.4 is 0 Å². The van der Waals surface area contributed by atoms with Crippen molar-refractivity contribution in [2.75, 3.05) is 7.11 Å². The molecule has 0 aliphatic rings. The molecule has 21 heavy (non-hydrogen) atoms. The smallest absolute Gasteiger partial charge is 0.0319 e. The standard InChI is InChI=1S/C13H16.3C2H6.CH4O/c1-4-6-12(5-2)13-9-7-11(3)8-10-13;4*1-2/h4-10H,1-3H3;3*1-2H3;2H,1H3/b6-4-,12-5+;;;;. The molecule has 0 atom stereocenters. The zero-order valence-corrected chi connectivity index (χ0v) is 16.0. The van der Waals surface area contributed by atoms with E-state index in [1.165, 1.54) is 16.7 Å². The zero-order valence-electron chi connectivity index (χ0n) is 16.0. The molecule has 1 aromatic rings. The van der Waals surface area contributed by atoms with Crippen molar-refractivity contribution in [3.63, 3.8) is 0 Å². The first kappa shape index (κ1) is 27.9. The normalized spacial score (nSPS) is 8.81. The summed E-state index contributed by atoms with van der Waals surface area (Å²) in [5.74, 6) is 0. The van der Waals surface area contributed by atoms with E-state index in [1.807, 2.05) is 48.5 Å². The average Bonchev–Trinajstić information content (AvgIpc) is 2.61. The van der Waals surface area contributed by atoms with Gasteiger partial charge < -0.3 is 5.11 Å². The number of hydrogen-bond donors (Lipinski definition) is 1. The molecule has 0 saturated heterocycles. The molecular weight excluding hydrogens is 256 g/mol. The summed E-state index contributed by atoms with van der Waals surface area (Å²) in [4.78, 5) is 0. The molecule has 0 aromatic heterocycles. The van der Waals surface area contributed by atoms with Gasteiger partial charge in [-0.15, -0.1) is 0 Å². The monoisotopic (exact) mass is 294 g/mol. The van der Waals surface area contributed by atoms with Crippen LogP contribution in [0.2, 0.25) is 0 Å². The fraction of sp³-hybridized carbons (Fsp3) is 0.500. The van der Waals surface area contributed by atoms with E-state index in [2.05, 4.69) is 56.3 Å². The van der Waals surface area contributed by atoms with Gasteiger partial charge >= 0.3 is 0 Å². The van der Waals surface area contributed by atoms with Crippen molar-refractivity contribution in [2.24, 2.45) is 0 Å². The van der Waals surface area contributed by atoms with Gasteiger partial charge in [0.15, 0.2) is 0 Å². The molecule has 0 fully saturated rings. The molecule has 0 radical (unpaired) electrons. The predicted molar refractivity (Wildman–Crippen MR) is 102 cm³/mol. The highest BCUT2D eigenvalue weighted by atomic mass is 16.2. The molecule has 0 aliphatic heterocycles. The highest BCUT2D eigenvalue weighted by Gasteiger charge is 1.94. The van der Waals surface area contributed by atoms with E-state index in [0.29, 0.717) is 0 Å². The maximum absolute atomic E-state index is 7.00. The van der Waals surface area contributed by atoms with Crippen molar-refractivity contribution in [1.82, 2.24) is 0 Å². The largest absolute Gasteiger partial charge is 0.400 e. The van der Waals surface area contributed by atoms with E-state index in [9.17, 15) is 0 Å². The number of benzene rings is 1. The van der Waals surface area contributed by atoms with Crippen LogP contribution in [0, 0.1) is 6.92 Å². The summed E-state index contributed by atoms with van der Waals surface area (Å²) in [5, 5.41) is 7.00. The zero-order chi connectivity index (χ0) is 17.7. The molecule has 1 rings (SSSR count). The molecule has 0 unspecified atom stereocenters. The molecule has 1 heteroatoms. The molecule has 0 amide bonds. The highest BCUT2D eigenvalue weighted by Crippen LogP contribution is 2.16. The third-order valence-corrected chi connectivity index (χ3v) is 2.04. The van der Waals surface area contributed by atoms with Crippen LogP contribution in [-0.2, 0) is 0 Å². The van der Waals surface area contributed by atoms with Crippen molar-refractivity contribution in [3.05, 3.63) is 53.6 Å². The molecule has 124 valence electrons. The lowest BCUT2D eigenvalue weighted by molar-refractivity contribution is 0.399. The minimum atomic E-state index is 1.00. The Bertz CT molecular complexity index is 318. The summed E-state index contributed by atoms with van der Waals surface area (Å²) in [6.07, 6.45) is 6.32. The fourth-order valence-corrected chi connectivity index (χ4v) is 1.28. The molecule has 0 saturated carbocycles. The summed E-state index contributed by atoms with van der Waals surface area (Å²) < 4.78 is 0. The Kier molecular flexibility index (Phi) is 36.0. The number of aliphatic hydroxyl groups is 1. The van der Waals surface area contributed by atoms with Crippen LogP contribution in [0.15, 0.2) is 42.5 Å². The Morgan fingerprint density at radius 1 is 0.810 bits per heavy atom. The van der Waals surface area contributed by atoms with Gasteiger partial charge in [0.1, 0.15) is 0 Å². The predicted octanol–water partition coefficient (Wildman–Crippen LogP) is 6.66. The van der Waals surface area contributed by atoms with Gasteiger partial charge in [-0.1, -0.05) is 89.6 Å². The Hall–Kier alpha value is -1.34. The number of aliphatic hydroxyl groups excluding tert-OH is 1. The fourth-order valence-electron chi connectivity index (χ4n) is 1.28. The molecule has 0 bridgehead atoms. The number of allylic oxidation sites excluding steroid dienone is 4. The summed E-state index contributed by atoms with van der Waals surface area (Å²) >= 11 is 0. The van der Waals surface area contributed by atoms with E-state index in [-0.39, 0.29) is 0 Å². The Balaban J connectivity index is -0.000000156. The van der Waals surface area contributed by atoms with Gasteiger partial charge in [-0.2, -0.15) is 0 Å². The molecule has 1 aromatic carbocycles. The average molecular weight is 295 g/mol. The summed E-state index contributed by atoms with van der Waals surface area (Å²) in [5.41, 5.74) is 3.87. The first-order chi connectivity index (χ1) is 10.3. The second-order valence-electron chi connectivity index (χ2n) is 3.11. The summed E-state index contributed by atoms with van der Waals surface area (Å²) in [7, 11) is 1.00. The maximum Gasteiger partial charge on any atom is 0.0319 e. The molecule has 1 N–H and O–H groups in total. The van der Waals surface area contributed by atoms with Gasteiger partial charge in [0, 0.05) is 7.11 Å². The Morgan fingerprint density at radius 3 is 1.48 bits per heavy atom. The maximum atomic E-state index is 7.00. The topological polar surface area (TPSA) is 20.2 Å². The Morgan fingerprint density at radius 2 is 1.19 bits per heavy atom. The third kappa shape index (κ3) is 16.6. The lowest BCUT2D eigenvalue weighted by Crippen LogP contribution is -1.80. The van der Waals surface area contributed by atoms with E-state index < -0.39 is 0 Å². The molecule has 0 heterocycles. The van der Waals surface area contributed by atoms with Crippen LogP contribution in [0.5, 0.6) is 0 Å². The van der Waals surface area contributed by atoms with Gasteiger partial charge in [0.25, 0.3) is 0 Å². The second-order valence-corrected chi connectivity index (χ2v) is 3.11. The van der Waals surface area contributed by atoms with E-state index in [0.717, 1.165) is 7.11 Å². The van der Waals surface area contributed by atoms with Crippen LogP contribution in [0.25, 0.3) is 5.57 Å². The second kappa shape index (κ2) is 27.1. The van der Waals surface area contributed by atoms with Crippen molar-refractivity contribution >= 4 is 5.57 Å². The third-order valence-electron chi connectivity index (χ3n) is 2.04. The minimum absolute atomic E-state index is 1.00. The first-order valence-electron chi connectivity index (χ1n) is 8.08. The molecule has 1 nitrogen and oxygen atoms in total. The lowest BCUT2D eigenvalue weighted by atomic mass is 10.0. The number of rotatable bonds is 2.